The van der Waals surface area contributed by atoms with Gasteiger partial charge in [0.15, 0.2) is 0 Å². The standard InChI is InChI=1S/C22H26N2O/c1-15-9-7-8-10-19(15)23-14-17-11-18-16(2)13-22(3,4)24(5)20(18)12-21(17)25-6/h7-14H,1-6H3. The number of benzene rings is 2. The van der Waals surface area contributed by atoms with Crippen LogP contribution in [0.3, 0.4) is 0 Å². The van der Waals surface area contributed by atoms with Crippen molar-refractivity contribution in [1.29, 1.82) is 0 Å². The Morgan fingerprint density at radius 2 is 1.84 bits per heavy atom. The second-order valence-electron chi connectivity index (χ2n) is 7.20. The number of fused-ring (bicyclic) bond motifs is 1. The number of aryl methyl sites for hydroxylation is 1. The summed E-state index contributed by atoms with van der Waals surface area (Å²) in [7, 11) is 3.84. The van der Waals surface area contributed by atoms with Crippen LogP contribution < -0.4 is 9.64 Å². The highest BCUT2D eigenvalue weighted by Gasteiger charge is 2.29. The van der Waals surface area contributed by atoms with Gasteiger partial charge in [0.1, 0.15) is 5.75 Å². The molecule has 0 unspecified atom stereocenters. The normalized spacial score (nSPS) is 15.9. The van der Waals surface area contributed by atoms with E-state index in [4.69, 9.17) is 4.74 Å². The second kappa shape index (κ2) is 6.40. The van der Waals surface area contributed by atoms with Gasteiger partial charge < -0.3 is 9.64 Å². The number of methoxy groups -OCH3 is 1. The van der Waals surface area contributed by atoms with Crippen molar-refractivity contribution in [1.82, 2.24) is 0 Å². The van der Waals surface area contributed by atoms with Gasteiger partial charge in [0, 0.05) is 36.1 Å². The molecule has 0 aliphatic carbocycles. The van der Waals surface area contributed by atoms with E-state index in [1.54, 1.807) is 7.11 Å². The van der Waals surface area contributed by atoms with E-state index in [1.807, 2.05) is 24.4 Å². The highest BCUT2D eigenvalue weighted by molar-refractivity contribution is 5.92. The van der Waals surface area contributed by atoms with Crippen LogP contribution in [0.25, 0.3) is 5.57 Å². The van der Waals surface area contributed by atoms with Crippen molar-refractivity contribution in [3.8, 4) is 5.75 Å². The smallest absolute Gasteiger partial charge is 0.129 e. The van der Waals surface area contributed by atoms with E-state index in [0.29, 0.717) is 0 Å². The summed E-state index contributed by atoms with van der Waals surface area (Å²) in [4.78, 5) is 6.96. The van der Waals surface area contributed by atoms with Crippen LogP contribution in [0.2, 0.25) is 0 Å². The van der Waals surface area contributed by atoms with E-state index in [0.717, 1.165) is 22.6 Å². The summed E-state index contributed by atoms with van der Waals surface area (Å²) < 4.78 is 5.64. The molecule has 1 aliphatic heterocycles. The van der Waals surface area contributed by atoms with E-state index < -0.39 is 0 Å². The number of aliphatic imine (C=N–C) groups is 1. The summed E-state index contributed by atoms with van der Waals surface area (Å²) in [5.74, 6) is 0.841. The predicted octanol–water partition coefficient (Wildman–Crippen LogP) is 5.39. The molecule has 2 aromatic carbocycles. The Labute approximate surface area is 150 Å². The Hall–Kier alpha value is -2.55. The molecule has 0 aromatic heterocycles. The fourth-order valence-corrected chi connectivity index (χ4v) is 3.32. The molecule has 0 saturated carbocycles. The molecule has 0 spiro atoms. The molecule has 0 saturated heterocycles. The summed E-state index contributed by atoms with van der Waals surface area (Å²) in [5.41, 5.74) is 6.82. The monoisotopic (exact) mass is 334 g/mol. The third-order valence-corrected chi connectivity index (χ3v) is 5.03. The molecule has 1 aliphatic rings. The number of para-hydroxylation sites is 1. The molecule has 0 fully saturated rings. The van der Waals surface area contributed by atoms with Crippen molar-refractivity contribution in [2.75, 3.05) is 19.1 Å². The largest absolute Gasteiger partial charge is 0.496 e. The van der Waals surface area contributed by atoms with Crippen LogP contribution in [0, 0.1) is 6.92 Å². The number of anilines is 1. The topological polar surface area (TPSA) is 24.8 Å². The zero-order valence-corrected chi connectivity index (χ0v) is 15.9. The number of ether oxygens (including phenoxy) is 1. The van der Waals surface area contributed by atoms with Crippen LogP contribution in [0.1, 0.15) is 37.5 Å². The minimum absolute atomic E-state index is 0.0150. The van der Waals surface area contributed by atoms with Crippen LogP contribution in [0.15, 0.2) is 47.5 Å². The predicted molar refractivity (Wildman–Crippen MR) is 108 cm³/mol. The Bertz CT molecular complexity index is 862. The minimum atomic E-state index is -0.0150. The minimum Gasteiger partial charge on any atom is -0.496 e. The molecule has 3 nitrogen and oxygen atoms in total. The molecular formula is C22H26N2O. The van der Waals surface area contributed by atoms with Crippen LogP contribution in [0.4, 0.5) is 11.4 Å². The van der Waals surface area contributed by atoms with Crippen LogP contribution in [0.5, 0.6) is 5.75 Å². The molecule has 3 heteroatoms. The number of allylic oxidation sites excluding steroid dienone is 1. The summed E-state index contributed by atoms with van der Waals surface area (Å²) in [6, 6.07) is 12.4. The molecule has 0 atom stereocenters. The van der Waals surface area contributed by atoms with Crippen molar-refractivity contribution in [2.24, 2.45) is 4.99 Å². The van der Waals surface area contributed by atoms with Crippen molar-refractivity contribution >= 4 is 23.2 Å². The summed E-state index contributed by atoms with van der Waals surface area (Å²) >= 11 is 0. The number of hydrogen-bond acceptors (Lipinski definition) is 3. The van der Waals surface area contributed by atoms with Crippen LogP contribution >= 0.6 is 0 Å². The Balaban J connectivity index is 2.08. The molecule has 130 valence electrons. The van der Waals surface area contributed by atoms with E-state index in [1.165, 1.54) is 16.8 Å². The number of hydrogen-bond donors (Lipinski definition) is 0. The quantitative estimate of drug-likeness (QED) is 0.703. The molecule has 0 N–H and O–H groups in total. The zero-order valence-electron chi connectivity index (χ0n) is 15.9. The Kier molecular flexibility index (Phi) is 4.42. The van der Waals surface area contributed by atoms with Crippen molar-refractivity contribution in [3.63, 3.8) is 0 Å². The maximum atomic E-state index is 5.64. The van der Waals surface area contributed by atoms with Gasteiger partial charge >= 0.3 is 0 Å². The Morgan fingerprint density at radius 3 is 2.52 bits per heavy atom. The average Bonchev–Trinajstić information content (AvgIpc) is 2.58. The van der Waals surface area contributed by atoms with E-state index in [2.05, 4.69) is 68.9 Å². The van der Waals surface area contributed by atoms with Crippen LogP contribution in [-0.2, 0) is 0 Å². The van der Waals surface area contributed by atoms with E-state index >= 15 is 0 Å². The zero-order chi connectivity index (χ0) is 18.2. The van der Waals surface area contributed by atoms with Crippen molar-refractivity contribution in [3.05, 3.63) is 59.2 Å². The van der Waals surface area contributed by atoms with E-state index in [9.17, 15) is 0 Å². The lowest BCUT2D eigenvalue weighted by Crippen LogP contribution is -2.42. The van der Waals surface area contributed by atoms with Gasteiger partial charge in [0.2, 0.25) is 0 Å². The van der Waals surface area contributed by atoms with Gasteiger partial charge in [0.25, 0.3) is 0 Å². The number of likely N-dealkylation sites (N-methyl/N-ethyl adjacent to an activating group) is 1. The maximum Gasteiger partial charge on any atom is 0.129 e. The lowest BCUT2D eigenvalue weighted by Gasteiger charge is -2.40. The maximum absolute atomic E-state index is 5.64. The van der Waals surface area contributed by atoms with Crippen molar-refractivity contribution < 1.29 is 4.74 Å². The highest BCUT2D eigenvalue weighted by atomic mass is 16.5. The second-order valence-corrected chi connectivity index (χ2v) is 7.20. The Morgan fingerprint density at radius 1 is 1.12 bits per heavy atom. The third-order valence-electron chi connectivity index (χ3n) is 5.03. The molecule has 0 amide bonds. The molecular weight excluding hydrogens is 308 g/mol. The molecule has 0 bridgehead atoms. The van der Waals surface area contributed by atoms with Crippen LogP contribution in [-0.4, -0.2) is 25.9 Å². The van der Waals surface area contributed by atoms with Gasteiger partial charge in [-0.1, -0.05) is 24.3 Å². The lowest BCUT2D eigenvalue weighted by atomic mass is 9.88. The molecule has 0 radical (unpaired) electrons. The van der Waals surface area contributed by atoms with Gasteiger partial charge in [0.05, 0.1) is 18.3 Å². The molecule has 2 aromatic rings. The van der Waals surface area contributed by atoms with Gasteiger partial charge in [-0.3, -0.25) is 4.99 Å². The highest BCUT2D eigenvalue weighted by Crippen LogP contribution is 2.41. The van der Waals surface area contributed by atoms with Gasteiger partial charge in [-0.15, -0.1) is 0 Å². The molecule has 3 rings (SSSR count). The number of rotatable bonds is 3. The first-order valence-electron chi connectivity index (χ1n) is 8.59. The first-order chi connectivity index (χ1) is 11.8. The summed E-state index contributed by atoms with van der Waals surface area (Å²) in [6.45, 7) is 8.68. The van der Waals surface area contributed by atoms with Gasteiger partial charge in [-0.25, -0.2) is 0 Å². The fourth-order valence-electron chi connectivity index (χ4n) is 3.32. The molecule has 25 heavy (non-hydrogen) atoms. The number of nitrogens with zero attached hydrogens (tertiary/aromatic N) is 2. The third kappa shape index (κ3) is 3.19. The average molecular weight is 334 g/mol. The summed E-state index contributed by atoms with van der Waals surface area (Å²) in [5, 5.41) is 0. The van der Waals surface area contributed by atoms with Crippen molar-refractivity contribution in [2.45, 2.75) is 33.2 Å². The first kappa shape index (κ1) is 17.3. The lowest BCUT2D eigenvalue weighted by molar-refractivity contribution is 0.414. The van der Waals surface area contributed by atoms with Gasteiger partial charge in [-0.2, -0.15) is 0 Å². The van der Waals surface area contributed by atoms with Gasteiger partial charge in [-0.05, 0) is 51.0 Å². The first-order valence-corrected chi connectivity index (χ1v) is 8.59. The SMILES string of the molecule is COc1cc2c(cc1C=Nc1ccccc1C)C(C)=CC(C)(C)N2C. The molecule has 1 heterocycles. The summed E-state index contributed by atoms with van der Waals surface area (Å²) in [6.07, 6.45) is 4.21. The van der Waals surface area contributed by atoms with E-state index in [-0.39, 0.29) is 5.54 Å². The fraction of sp³-hybridized carbons (Fsp3) is 0.318.